The molecule has 1 unspecified atom stereocenters. The number of primary amides is 1. The van der Waals surface area contributed by atoms with Gasteiger partial charge >= 0.3 is 0 Å². The molecule has 1 aliphatic carbocycles. The summed E-state index contributed by atoms with van der Waals surface area (Å²) in [5.41, 5.74) is 7.48. The summed E-state index contributed by atoms with van der Waals surface area (Å²) in [4.78, 5) is 37.3. The van der Waals surface area contributed by atoms with Gasteiger partial charge in [0.05, 0.1) is 16.8 Å². The molecule has 3 rings (SSSR count). The molecule has 0 bridgehead atoms. The lowest BCUT2D eigenvalue weighted by atomic mass is 9.70. The number of aromatic nitrogens is 3. The first kappa shape index (κ1) is 15.3. The lowest BCUT2D eigenvalue weighted by molar-refractivity contribution is 0.0868. The molecule has 1 aliphatic rings. The molecule has 2 heterocycles. The van der Waals surface area contributed by atoms with Crippen molar-refractivity contribution < 1.29 is 9.59 Å². The fourth-order valence-electron chi connectivity index (χ4n) is 3.06. The maximum Gasteiger partial charge on any atom is 0.267 e. The number of amides is 1. The van der Waals surface area contributed by atoms with Gasteiger partial charge in [-0.25, -0.2) is 15.0 Å². The van der Waals surface area contributed by atoms with E-state index in [1.165, 1.54) is 6.07 Å². The highest BCUT2D eigenvalue weighted by molar-refractivity contribution is 6.06. The molecule has 1 atom stereocenters. The van der Waals surface area contributed by atoms with Crippen LogP contribution in [0.4, 0.5) is 0 Å². The molecular formula is C17H18N4O2. The first-order chi connectivity index (χ1) is 10.8. The van der Waals surface area contributed by atoms with Crippen LogP contribution >= 0.6 is 0 Å². The highest BCUT2D eigenvalue weighted by Crippen LogP contribution is 2.37. The largest absolute Gasteiger partial charge is 0.364 e. The minimum absolute atomic E-state index is 0.0280. The van der Waals surface area contributed by atoms with E-state index in [1.807, 2.05) is 26.8 Å². The highest BCUT2D eigenvalue weighted by atomic mass is 16.1. The molecule has 23 heavy (non-hydrogen) atoms. The second kappa shape index (κ2) is 5.22. The van der Waals surface area contributed by atoms with Crippen molar-refractivity contribution in [1.29, 1.82) is 0 Å². The molecular weight excluding hydrogens is 292 g/mol. The Kier molecular flexibility index (Phi) is 3.47. The summed E-state index contributed by atoms with van der Waals surface area (Å²) in [7, 11) is 0. The van der Waals surface area contributed by atoms with Crippen molar-refractivity contribution in [2.45, 2.75) is 39.0 Å². The van der Waals surface area contributed by atoms with Crippen molar-refractivity contribution in [3.63, 3.8) is 0 Å². The van der Waals surface area contributed by atoms with E-state index in [2.05, 4.69) is 15.0 Å². The Morgan fingerprint density at radius 2 is 1.96 bits per heavy atom. The number of aryl methyl sites for hydroxylation is 3. The van der Waals surface area contributed by atoms with Gasteiger partial charge < -0.3 is 5.73 Å². The molecule has 2 aromatic rings. The van der Waals surface area contributed by atoms with E-state index in [-0.39, 0.29) is 11.5 Å². The Labute approximate surface area is 134 Å². The summed E-state index contributed by atoms with van der Waals surface area (Å²) in [5.74, 6) is 0.0393. The third-order valence-electron chi connectivity index (χ3n) is 4.37. The second-order valence-electron chi connectivity index (χ2n) is 6.16. The molecule has 0 aromatic carbocycles. The monoisotopic (exact) mass is 310 g/mol. The molecule has 0 radical (unpaired) electrons. The van der Waals surface area contributed by atoms with E-state index in [1.54, 1.807) is 6.07 Å². The lowest BCUT2D eigenvalue weighted by Crippen LogP contribution is -2.39. The topological polar surface area (TPSA) is 98.8 Å². The van der Waals surface area contributed by atoms with E-state index in [9.17, 15) is 9.59 Å². The Morgan fingerprint density at radius 1 is 1.22 bits per heavy atom. The van der Waals surface area contributed by atoms with Crippen molar-refractivity contribution in [3.05, 3.63) is 52.4 Å². The first-order valence-corrected chi connectivity index (χ1v) is 7.48. The lowest BCUT2D eigenvalue weighted by Gasteiger charge is -2.32. The third kappa shape index (κ3) is 2.50. The molecule has 0 spiro atoms. The molecule has 0 saturated carbocycles. The van der Waals surface area contributed by atoms with Crippen LogP contribution in [0.3, 0.4) is 0 Å². The number of pyridine rings is 1. The van der Waals surface area contributed by atoms with Crippen molar-refractivity contribution in [2.75, 3.05) is 0 Å². The van der Waals surface area contributed by atoms with Gasteiger partial charge in [0.25, 0.3) is 5.91 Å². The Morgan fingerprint density at radius 3 is 2.61 bits per heavy atom. The van der Waals surface area contributed by atoms with Gasteiger partial charge in [-0.3, -0.25) is 9.59 Å². The smallest absolute Gasteiger partial charge is 0.267 e. The number of hydrogen-bond acceptors (Lipinski definition) is 5. The third-order valence-corrected chi connectivity index (χ3v) is 4.37. The molecule has 6 heteroatoms. The SMILES string of the molecule is Cc1cc(C2(C)CCc3nc(C(N)=O)ccc3C2=O)nc(C)n1. The van der Waals surface area contributed by atoms with Gasteiger partial charge in [0.1, 0.15) is 11.5 Å². The predicted octanol–water partition coefficient (Wildman–Crippen LogP) is 1.67. The summed E-state index contributed by atoms with van der Waals surface area (Å²) in [6.07, 6.45) is 1.19. The maximum absolute atomic E-state index is 13.0. The minimum Gasteiger partial charge on any atom is -0.364 e. The Bertz CT molecular complexity index is 811. The number of fused-ring (bicyclic) bond motifs is 1. The van der Waals surface area contributed by atoms with Crippen LogP contribution in [-0.2, 0) is 11.8 Å². The number of nitrogens with zero attached hydrogens (tertiary/aromatic N) is 3. The normalized spacial score (nSPS) is 20.2. The number of rotatable bonds is 2. The molecule has 118 valence electrons. The predicted molar refractivity (Wildman–Crippen MR) is 84.3 cm³/mol. The number of ketones is 1. The standard InChI is InChI=1S/C17H18N4O2/c1-9-8-14(20-10(2)19-9)17(3)7-6-12-11(15(17)22)4-5-13(21-12)16(18)23/h4-5,8H,6-7H2,1-3H3,(H2,18,23). The van der Waals surface area contributed by atoms with Crippen molar-refractivity contribution in [1.82, 2.24) is 15.0 Å². The quantitative estimate of drug-likeness (QED) is 0.909. The Hall–Kier alpha value is -2.63. The van der Waals surface area contributed by atoms with E-state index in [0.29, 0.717) is 29.9 Å². The number of carbonyl (C=O) groups is 2. The summed E-state index contributed by atoms with van der Waals surface area (Å²) in [6.45, 7) is 5.62. The molecule has 6 nitrogen and oxygen atoms in total. The van der Waals surface area contributed by atoms with Crippen molar-refractivity contribution in [3.8, 4) is 0 Å². The van der Waals surface area contributed by atoms with Crippen molar-refractivity contribution >= 4 is 11.7 Å². The molecule has 2 N–H and O–H groups in total. The molecule has 2 aromatic heterocycles. The zero-order valence-electron chi connectivity index (χ0n) is 13.4. The van der Waals surface area contributed by atoms with Gasteiger partial charge in [0.2, 0.25) is 0 Å². The number of Topliss-reactive ketones (excluding diaryl/α,β-unsaturated/α-hetero) is 1. The van der Waals surface area contributed by atoms with Crippen LogP contribution in [0, 0.1) is 13.8 Å². The van der Waals surface area contributed by atoms with Crippen LogP contribution in [0.2, 0.25) is 0 Å². The van der Waals surface area contributed by atoms with Crippen LogP contribution in [-0.4, -0.2) is 26.6 Å². The van der Waals surface area contributed by atoms with E-state index < -0.39 is 11.3 Å². The number of carbonyl (C=O) groups excluding carboxylic acids is 2. The van der Waals surface area contributed by atoms with Gasteiger partial charge in [-0.05, 0) is 51.8 Å². The molecule has 1 amide bonds. The summed E-state index contributed by atoms with van der Waals surface area (Å²) >= 11 is 0. The molecule has 0 fully saturated rings. The summed E-state index contributed by atoms with van der Waals surface area (Å²) in [5, 5.41) is 0. The van der Waals surface area contributed by atoms with Crippen LogP contribution in [0.25, 0.3) is 0 Å². The summed E-state index contributed by atoms with van der Waals surface area (Å²) in [6, 6.07) is 5.01. The van der Waals surface area contributed by atoms with E-state index >= 15 is 0 Å². The Balaban J connectivity index is 2.08. The number of hydrogen-bond donors (Lipinski definition) is 1. The second-order valence-corrected chi connectivity index (χ2v) is 6.16. The number of nitrogens with two attached hydrogens (primary N) is 1. The van der Waals surface area contributed by atoms with Crippen LogP contribution in [0.5, 0.6) is 0 Å². The van der Waals surface area contributed by atoms with E-state index in [4.69, 9.17) is 5.73 Å². The first-order valence-electron chi connectivity index (χ1n) is 7.48. The van der Waals surface area contributed by atoms with Gasteiger partial charge in [0.15, 0.2) is 5.78 Å². The fraction of sp³-hybridized carbons (Fsp3) is 0.353. The molecule has 0 saturated heterocycles. The van der Waals surface area contributed by atoms with Gasteiger partial charge in [-0.2, -0.15) is 0 Å². The highest BCUT2D eigenvalue weighted by Gasteiger charge is 2.42. The van der Waals surface area contributed by atoms with Crippen LogP contribution < -0.4 is 5.73 Å². The van der Waals surface area contributed by atoms with Crippen molar-refractivity contribution in [2.24, 2.45) is 5.73 Å². The summed E-state index contributed by atoms with van der Waals surface area (Å²) < 4.78 is 0. The maximum atomic E-state index is 13.0. The zero-order valence-corrected chi connectivity index (χ0v) is 13.4. The minimum atomic E-state index is -0.707. The molecule has 0 aliphatic heterocycles. The average molecular weight is 310 g/mol. The van der Waals surface area contributed by atoms with E-state index in [0.717, 1.165) is 11.4 Å². The zero-order chi connectivity index (χ0) is 16.8. The van der Waals surface area contributed by atoms with Gasteiger partial charge in [-0.15, -0.1) is 0 Å². The fourth-order valence-corrected chi connectivity index (χ4v) is 3.06. The average Bonchev–Trinajstić information content (AvgIpc) is 2.49. The van der Waals surface area contributed by atoms with Crippen LogP contribution in [0.1, 0.15) is 57.1 Å². The van der Waals surface area contributed by atoms with Crippen LogP contribution in [0.15, 0.2) is 18.2 Å². The van der Waals surface area contributed by atoms with Gasteiger partial charge in [0, 0.05) is 11.3 Å². The van der Waals surface area contributed by atoms with Gasteiger partial charge in [-0.1, -0.05) is 0 Å².